The molecule has 1 fully saturated rings. The normalized spacial score (nSPS) is 25.7. The van der Waals surface area contributed by atoms with Gasteiger partial charge in [-0.2, -0.15) is 18.3 Å². The summed E-state index contributed by atoms with van der Waals surface area (Å²) in [5, 5.41) is 3.67. The summed E-state index contributed by atoms with van der Waals surface area (Å²) < 4.78 is 82.1. The van der Waals surface area contributed by atoms with E-state index >= 15 is 0 Å². The van der Waals surface area contributed by atoms with Crippen LogP contribution in [0.5, 0.6) is 0 Å². The summed E-state index contributed by atoms with van der Waals surface area (Å²) >= 11 is 0. The Bertz CT molecular complexity index is 942. The van der Waals surface area contributed by atoms with Crippen molar-refractivity contribution >= 4 is 5.97 Å². The second kappa shape index (κ2) is 7.33. The van der Waals surface area contributed by atoms with Gasteiger partial charge in [-0.25, -0.2) is 13.6 Å². The van der Waals surface area contributed by atoms with Crippen LogP contribution < -0.4 is 0 Å². The van der Waals surface area contributed by atoms with E-state index in [-0.39, 0.29) is 17.4 Å². The van der Waals surface area contributed by atoms with Crippen LogP contribution in [0, 0.1) is 0 Å². The molecule has 4 rings (SSSR count). The quantitative estimate of drug-likeness (QED) is 0.522. The molecule has 2 heterocycles. The molecule has 1 aromatic carbocycles. The number of hydrogen-bond donors (Lipinski definition) is 0. The minimum Gasteiger partial charge on any atom is -0.447 e. The molecule has 162 valence electrons. The largest absolute Gasteiger partial charge is 0.447 e. The lowest BCUT2D eigenvalue weighted by Gasteiger charge is -2.28. The van der Waals surface area contributed by atoms with E-state index in [9.17, 15) is 26.7 Å². The van der Waals surface area contributed by atoms with Gasteiger partial charge in [0.05, 0.1) is 35.4 Å². The topological polar surface area (TPSA) is 53.4 Å². The Morgan fingerprint density at radius 3 is 2.60 bits per heavy atom. The molecular weight excluding hydrogens is 411 g/mol. The van der Waals surface area contributed by atoms with Gasteiger partial charge in [0.15, 0.2) is 11.8 Å². The number of fused-ring (bicyclic) bond motifs is 1. The van der Waals surface area contributed by atoms with E-state index in [2.05, 4.69) is 5.10 Å². The second-order valence-corrected chi connectivity index (χ2v) is 7.60. The van der Waals surface area contributed by atoms with Crippen LogP contribution in [0.25, 0.3) is 0 Å². The number of aromatic nitrogens is 2. The van der Waals surface area contributed by atoms with E-state index in [1.807, 2.05) is 0 Å². The van der Waals surface area contributed by atoms with Crippen LogP contribution in [0.15, 0.2) is 30.3 Å². The molecule has 1 aliphatic heterocycles. The molecule has 1 aliphatic carbocycles. The highest BCUT2D eigenvalue weighted by molar-refractivity contribution is 5.89. The van der Waals surface area contributed by atoms with Gasteiger partial charge in [0.25, 0.3) is 5.92 Å². The van der Waals surface area contributed by atoms with Crippen LogP contribution >= 0.6 is 0 Å². The van der Waals surface area contributed by atoms with Crippen LogP contribution in [-0.2, 0) is 22.1 Å². The molecule has 1 aromatic heterocycles. The molecule has 0 radical (unpaired) electrons. The molecule has 2 aromatic rings. The predicted molar refractivity (Wildman–Crippen MR) is 94.2 cm³/mol. The van der Waals surface area contributed by atoms with Gasteiger partial charge < -0.3 is 9.47 Å². The third-order valence-corrected chi connectivity index (χ3v) is 5.41. The van der Waals surface area contributed by atoms with Gasteiger partial charge in [0.2, 0.25) is 0 Å². The van der Waals surface area contributed by atoms with Crippen molar-refractivity contribution in [2.45, 2.75) is 56.5 Å². The third kappa shape index (κ3) is 3.68. The van der Waals surface area contributed by atoms with E-state index in [1.165, 1.54) is 24.3 Å². The van der Waals surface area contributed by atoms with Crippen molar-refractivity contribution in [3.8, 4) is 0 Å². The molecule has 0 N–H and O–H groups in total. The summed E-state index contributed by atoms with van der Waals surface area (Å²) in [5.74, 6) is -4.80. The molecule has 1 saturated heterocycles. The molecule has 10 heteroatoms. The van der Waals surface area contributed by atoms with Crippen LogP contribution in [0.1, 0.15) is 59.2 Å². The Kier molecular flexibility index (Phi) is 5.08. The van der Waals surface area contributed by atoms with Crippen molar-refractivity contribution in [2.75, 3.05) is 6.61 Å². The average Bonchev–Trinajstić information content (AvgIpc) is 3.16. The Hall–Kier alpha value is -2.49. The number of esters is 1. The monoisotopic (exact) mass is 430 g/mol. The number of rotatable bonds is 3. The first-order chi connectivity index (χ1) is 14.1. The van der Waals surface area contributed by atoms with Crippen molar-refractivity contribution in [3.05, 3.63) is 52.8 Å². The number of carbonyl (C=O) groups excluding carboxylic acids is 1. The van der Waals surface area contributed by atoms with Crippen molar-refractivity contribution in [1.82, 2.24) is 9.78 Å². The fourth-order valence-electron chi connectivity index (χ4n) is 4.06. The summed E-state index contributed by atoms with van der Waals surface area (Å²) in [6.07, 6.45) is -7.83. The molecule has 0 amide bonds. The number of nitrogens with zero attached hydrogens (tertiary/aromatic N) is 2. The second-order valence-electron chi connectivity index (χ2n) is 7.60. The van der Waals surface area contributed by atoms with E-state index in [4.69, 9.17) is 9.47 Å². The lowest BCUT2D eigenvalue weighted by atomic mass is 10.0. The zero-order chi connectivity index (χ0) is 21.7. The maximum atomic E-state index is 14.8. The van der Waals surface area contributed by atoms with Crippen LogP contribution in [0.4, 0.5) is 22.0 Å². The maximum Gasteiger partial charge on any atom is 0.435 e. The molecule has 30 heavy (non-hydrogen) atoms. The number of ether oxygens (including phenoxy) is 2. The molecule has 5 nitrogen and oxygen atoms in total. The third-order valence-electron chi connectivity index (χ3n) is 5.41. The highest BCUT2D eigenvalue weighted by Crippen LogP contribution is 2.51. The minimum absolute atomic E-state index is 0.0269. The van der Waals surface area contributed by atoms with E-state index in [1.54, 1.807) is 13.0 Å². The minimum atomic E-state index is -4.97. The molecule has 0 bridgehead atoms. The fraction of sp³-hybridized carbons (Fsp3) is 0.500. The molecule has 0 saturated carbocycles. The van der Waals surface area contributed by atoms with Crippen molar-refractivity contribution in [1.29, 1.82) is 0 Å². The number of alkyl halides is 5. The Morgan fingerprint density at radius 1 is 1.27 bits per heavy atom. The summed E-state index contributed by atoms with van der Waals surface area (Å²) in [4.78, 5) is 12.3. The zero-order valence-corrected chi connectivity index (χ0v) is 16.0. The zero-order valence-electron chi connectivity index (χ0n) is 16.0. The van der Waals surface area contributed by atoms with Crippen molar-refractivity contribution < 1.29 is 36.2 Å². The first-order valence-corrected chi connectivity index (χ1v) is 9.52. The van der Waals surface area contributed by atoms with Crippen molar-refractivity contribution in [3.63, 3.8) is 0 Å². The van der Waals surface area contributed by atoms with Crippen LogP contribution in [-0.4, -0.2) is 34.4 Å². The van der Waals surface area contributed by atoms with Gasteiger partial charge in [-0.15, -0.1) is 0 Å². The summed E-state index contributed by atoms with van der Waals surface area (Å²) in [6, 6.07) is 6.79. The van der Waals surface area contributed by atoms with Crippen LogP contribution in [0.3, 0.4) is 0 Å². The molecule has 2 aliphatic rings. The lowest BCUT2D eigenvalue weighted by molar-refractivity contribution is -0.147. The van der Waals surface area contributed by atoms with Crippen LogP contribution in [0.2, 0.25) is 0 Å². The molecule has 3 atom stereocenters. The molecule has 0 spiro atoms. The Balaban J connectivity index is 1.76. The van der Waals surface area contributed by atoms with Gasteiger partial charge in [-0.3, -0.25) is 4.68 Å². The number of hydrogen-bond acceptors (Lipinski definition) is 4. The summed E-state index contributed by atoms with van der Waals surface area (Å²) in [7, 11) is 0. The molecular formula is C20H19F5N2O3. The van der Waals surface area contributed by atoms with E-state index in [0.29, 0.717) is 19.4 Å². The maximum absolute atomic E-state index is 14.8. The summed E-state index contributed by atoms with van der Waals surface area (Å²) in [5.41, 5.74) is -2.45. The number of halogens is 5. The van der Waals surface area contributed by atoms with Crippen molar-refractivity contribution in [2.24, 2.45) is 0 Å². The average molecular weight is 430 g/mol. The molecule has 0 unspecified atom stereocenters. The first-order valence-electron chi connectivity index (χ1n) is 9.52. The smallest absolute Gasteiger partial charge is 0.435 e. The fourth-order valence-corrected chi connectivity index (χ4v) is 4.06. The highest BCUT2D eigenvalue weighted by atomic mass is 19.4. The number of benzene rings is 1. The van der Waals surface area contributed by atoms with Gasteiger partial charge in [-0.05, 0) is 31.9 Å². The van der Waals surface area contributed by atoms with Gasteiger partial charge >= 0.3 is 12.1 Å². The van der Waals surface area contributed by atoms with Gasteiger partial charge in [0, 0.05) is 6.61 Å². The SMILES string of the molecule is C[C@@H]1C[C@H](n2nc(C(F)(F)F)c3c2CC(F)(F)[C@H]3OC(=O)c2ccccc2)CCO1. The first kappa shape index (κ1) is 20.8. The van der Waals surface area contributed by atoms with Gasteiger partial charge in [0.1, 0.15) is 0 Å². The Labute approximate surface area is 168 Å². The highest BCUT2D eigenvalue weighted by Gasteiger charge is 2.57. The van der Waals surface area contributed by atoms with E-state index < -0.39 is 47.9 Å². The lowest BCUT2D eigenvalue weighted by Crippen LogP contribution is -2.30. The summed E-state index contributed by atoms with van der Waals surface area (Å²) in [6.45, 7) is 2.06. The van der Waals surface area contributed by atoms with Gasteiger partial charge in [-0.1, -0.05) is 18.2 Å². The Morgan fingerprint density at radius 2 is 1.97 bits per heavy atom. The predicted octanol–water partition coefficient (Wildman–Crippen LogP) is 4.73. The van der Waals surface area contributed by atoms with E-state index in [0.717, 1.165) is 4.68 Å². The standard InChI is InChI=1S/C20H19F5N2O3/c1-11-9-13(7-8-29-11)27-14-10-19(21,22)17(15(14)16(26-27)20(23,24)25)30-18(28)12-5-3-2-4-6-12/h2-6,11,13,17H,7-10H2,1H3/t11-,13-,17+/m1/s1. The number of carbonyl (C=O) groups is 1.